The maximum absolute atomic E-state index is 11.8. The van der Waals surface area contributed by atoms with Crippen LogP contribution < -0.4 is 5.32 Å². The maximum Gasteiger partial charge on any atom is 0.408 e. The average Bonchev–Trinajstić information content (AvgIpc) is 2.29. The Morgan fingerprint density at radius 3 is 2.25 bits per heavy atom. The van der Waals surface area contributed by atoms with Crippen molar-refractivity contribution < 1.29 is 19.4 Å². The Bertz CT molecular complexity index is 355. The first-order valence-electron chi connectivity index (χ1n) is 7.15. The van der Waals surface area contributed by atoms with Crippen LogP contribution in [-0.2, 0) is 9.53 Å². The number of nitrogens with one attached hydrogen (secondary N) is 1. The molecule has 0 bridgehead atoms. The van der Waals surface area contributed by atoms with Gasteiger partial charge in [-0.2, -0.15) is 0 Å². The molecule has 0 spiro atoms. The summed E-state index contributed by atoms with van der Waals surface area (Å²) >= 11 is 0. The third-order valence-electron chi connectivity index (χ3n) is 3.40. The fourth-order valence-electron chi connectivity index (χ4n) is 2.37. The van der Waals surface area contributed by atoms with Crippen LogP contribution in [0.15, 0.2) is 0 Å². The molecule has 116 valence electrons. The van der Waals surface area contributed by atoms with Crippen molar-refractivity contribution in [2.45, 2.75) is 58.1 Å². The molecule has 0 atom stereocenters. The number of piperidine rings is 1. The molecular weight excluding hydrogens is 260 g/mol. The number of aliphatic carboxylic acids is 1. The molecule has 1 amide bonds. The molecule has 1 heterocycles. The number of hydrogen-bond donors (Lipinski definition) is 2. The number of amides is 1. The van der Waals surface area contributed by atoms with Gasteiger partial charge in [0.05, 0.1) is 0 Å². The highest BCUT2D eigenvalue weighted by atomic mass is 16.6. The van der Waals surface area contributed by atoms with E-state index in [2.05, 4.69) is 17.1 Å². The summed E-state index contributed by atoms with van der Waals surface area (Å²) < 4.78 is 5.16. The van der Waals surface area contributed by atoms with E-state index in [-0.39, 0.29) is 0 Å². The van der Waals surface area contributed by atoms with Crippen LogP contribution in [0.1, 0.15) is 47.0 Å². The van der Waals surface area contributed by atoms with Crippen LogP contribution in [-0.4, -0.2) is 52.8 Å². The van der Waals surface area contributed by atoms with Gasteiger partial charge in [0.25, 0.3) is 0 Å². The number of hydrogen-bond acceptors (Lipinski definition) is 4. The van der Waals surface area contributed by atoms with Gasteiger partial charge in [-0.25, -0.2) is 9.59 Å². The minimum atomic E-state index is -1.20. The van der Waals surface area contributed by atoms with Crippen LogP contribution in [0, 0.1) is 0 Å². The molecular formula is C14H26N2O4. The number of carbonyl (C=O) groups is 2. The molecule has 0 aliphatic carbocycles. The van der Waals surface area contributed by atoms with Gasteiger partial charge in [0.1, 0.15) is 11.1 Å². The monoisotopic (exact) mass is 286 g/mol. The number of nitrogens with zero attached hydrogens (tertiary/aromatic N) is 1. The Kier molecular flexibility index (Phi) is 5.39. The molecule has 0 radical (unpaired) electrons. The van der Waals surface area contributed by atoms with E-state index in [1.807, 2.05) is 0 Å². The van der Waals surface area contributed by atoms with Gasteiger partial charge in [-0.1, -0.05) is 6.92 Å². The predicted molar refractivity (Wildman–Crippen MR) is 75.7 cm³/mol. The SMILES string of the molecule is CCCN1CCC(NC(=O)OC(C)(C)C)(C(=O)O)CC1. The zero-order valence-electron chi connectivity index (χ0n) is 12.9. The van der Waals surface area contributed by atoms with Gasteiger partial charge in [-0.3, -0.25) is 0 Å². The first-order chi connectivity index (χ1) is 9.18. The Labute approximate surface area is 120 Å². The predicted octanol–water partition coefficient (Wildman–Crippen LogP) is 1.84. The van der Waals surface area contributed by atoms with E-state index in [1.54, 1.807) is 20.8 Å². The summed E-state index contributed by atoms with van der Waals surface area (Å²) in [6.45, 7) is 9.67. The van der Waals surface area contributed by atoms with Crippen molar-refractivity contribution in [1.82, 2.24) is 10.2 Å². The lowest BCUT2D eigenvalue weighted by atomic mass is 9.87. The molecule has 6 heteroatoms. The van der Waals surface area contributed by atoms with Crippen LogP contribution in [0.25, 0.3) is 0 Å². The van der Waals surface area contributed by atoms with Crippen LogP contribution in [0.2, 0.25) is 0 Å². The summed E-state index contributed by atoms with van der Waals surface area (Å²) in [6, 6.07) is 0. The van der Waals surface area contributed by atoms with E-state index in [9.17, 15) is 14.7 Å². The number of carboxylic acid groups (broad SMARTS) is 1. The van der Waals surface area contributed by atoms with Crippen molar-refractivity contribution in [3.8, 4) is 0 Å². The van der Waals surface area contributed by atoms with Crippen molar-refractivity contribution in [3.05, 3.63) is 0 Å². The highest BCUT2D eigenvalue weighted by molar-refractivity contribution is 5.84. The molecule has 1 saturated heterocycles. The van der Waals surface area contributed by atoms with E-state index in [1.165, 1.54) is 0 Å². The summed E-state index contributed by atoms with van der Waals surface area (Å²) in [5.74, 6) is -0.987. The normalized spacial score (nSPS) is 19.4. The zero-order valence-corrected chi connectivity index (χ0v) is 12.9. The van der Waals surface area contributed by atoms with E-state index in [0.29, 0.717) is 25.9 Å². The summed E-state index contributed by atoms with van der Waals surface area (Å²) in [7, 11) is 0. The first kappa shape index (κ1) is 16.8. The zero-order chi connectivity index (χ0) is 15.4. The fraction of sp³-hybridized carbons (Fsp3) is 0.857. The van der Waals surface area contributed by atoms with Gasteiger partial charge in [0, 0.05) is 13.1 Å². The summed E-state index contributed by atoms with van der Waals surface area (Å²) in [5, 5.41) is 12.0. The fourth-order valence-corrected chi connectivity index (χ4v) is 2.37. The number of alkyl carbamates (subject to hydrolysis) is 1. The lowest BCUT2D eigenvalue weighted by Gasteiger charge is -2.39. The highest BCUT2D eigenvalue weighted by Crippen LogP contribution is 2.23. The van der Waals surface area contributed by atoms with Crippen LogP contribution in [0.4, 0.5) is 4.79 Å². The van der Waals surface area contributed by atoms with Crippen LogP contribution in [0.5, 0.6) is 0 Å². The molecule has 0 aromatic rings. The van der Waals surface area contributed by atoms with Crippen LogP contribution in [0.3, 0.4) is 0 Å². The number of carbonyl (C=O) groups excluding carboxylic acids is 1. The maximum atomic E-state index is 11.8. The topological polar surface area (TPSA) is 78.9 Å². The largest absolute Gasteiger partial charge is 0.480 e. The third-order valence-corrected chi connectivity index (χ3v) is 3.40. The molecule has 0 unspecified atom stereocenters. The van der Waals surface area contributed by atoms with E-state index >= 15 is 0 Å². The second-order valence-corrected chi connectivity index (χ2v) is 6.36. The lowest BCUT2D eigenvalue weighted by Crippen LogP contribution is -2.60. The minimum Gasteiger partial charge on any atom is -0.480 e. The summed E-state index contributed by atoms with van der Waals surface area (Å²) in [4.78, 5) is 25.6. The summed E-state index contributed by atoms with van der Waals surface area (Å²) in [5.41, 5.74) is -1.83. The molecule has 2 N–H and O–H groups in total. The molecule has 0 aromatic carbocycles. The molecule has 6 nitrogen and oxygen atoms in total. The average molecular weight is 286 g/mol. The van der Waals surface area contributed by atoms with Gasteiger partial charge >= 0.3 is 12.1 Å². The number of carboxylic acids is 1. The van der Waals surface area contributed by atoms with Crippen LogP contribution >= 0.6 is 0 Å². The molecule has 1 aliphatic rings. The Morgan fingerprint density at radius 1 is 1.30 bits per heavy atom. The smallest absolute Gasteiger partial charge is 0.408 e. The van der Waals surface area contributed by atoms with Gasteiger partial charge in [-0.15, -0.1) is 0 Å². The van der Waals surface area contributed by atoms with E-state index in [4.69, 9.17) is 4.74 Å². The molecule has 0 saturated carbocycles. The minimum absolute atomic E-state index is 0.404. The standard InChI is InChI=1S/C14H26N2O4/c1-5-8-16-9-6-14(7-10-16,11(17)18)15-12(19)20-13(2,3)4/h5-10H2,1-4H3,(H,15,19)(H,17,18). The van der Waals surface area contributed by atoms with Gasteiger partial charge in [0.15, 0.2) is 0 Å². The Hall–Kier alpha value is -1.30. The van der Waals surface area contributed by atoms with Crippen molar-refractivity contribution in [1.29, 1.82) is 0 Å². The number of likely N-dealkylation sites (tertiary alicyclic amines) is 1. The second kappa shape index (κ2) is 6.43. The van der Waals surface area contributed by atoms with Crippen molar-refractivity contribution in [2.75, 3.05) is 19.6 Å². The highest BCUT2D eigenvalue weighted by Gasteiger charge is 2.43. The van der Waals surface area contributed by atoms with E-state index < -0.39 is 23.2 Å². The van der Waals surface area contributed by atoms with Crippen molar-refractivity contribution in [2.24, 2.45) is 0 Å². The third kappa shape index (κ3) is 4.67. The van der Waals surface area contributed by atoms with Crippen molar-refractivity contribution in [3.63, 3.8) is 0 Å². The van der Waals surface area contributed by atoms with Gasteiger partial charge in [-0.05, 0) is 46.6 Å². The molecule has 1 fully saturated rings. The Balaban J connectivity index is 2.66. The molecule has 0 aromatic heterocycles. The Morgan fingerprint density at radius 2 is 1.85 bits per heavy atom. The number of rotatable bonds is 4. The molecule has 20 heavy (non-hydrogen) atoms. The molecule has 1 rings (SSSR count). The lowest BCUT2D eigenvalue weighted by molar-refractivity contribution is -0.147. The molecule has 1 aliphatic heterocycles. The number of ether oxygens (including phenoxy) is 1. The van der Waals surface area contributed by atoms with Gasteiger partial charge < -0.3 is 20.1 Å². The first-order valence-corrected chi connectivity index (χ1v) is 7.15. The summed E-state index contributed by atoms with van der Waals surface area (Å²) in [6.07, 6.45) is 1.19. The quantitative estimate of drug-likeness (QED) is 0.824. The van der Waals surface area contributed by atoms with Crippen molar-refractivity contribution >= 4 is 12.1 Å². The van der Waals surface area contributed by atoms with E-state index in [0.717, 1.165) is 13.0 Å². The van der Waals surface area contributed by atoms with Gasteiger partial charge in [0.2, 0.25) is 0 Å². The second-order valence-electron chi connectivity index (χ2n) is 6.36.